The molecule has 6 nitrogen and oxygen atoms in total. The first-order valence-corrected chi connectivity index (χ1v) is 6.43. The number of hydrogen-bond acceptors (Lipinski definition) is 5. The molecule has 20 heavy (non-hydrogen) atoms. The number of ether oxygens (including phenoxy) is 2. The summed E-state index contributed by atoms with van der Waals surface area (Å²) in [5.74, 6) is -0.515. The van der Waals surface area contributed by atoms with Crippen molar-refractivity contribution in [3.63, 3.8) is 0 Å². The van der Waals surface area contributed by atoms with Crippen LogP contribution in [0, 0.1) is 15.9 Å². The van der Waals surface area contributed by atoms with Crippen molar-refractivity contribution >= 4 is 5.69 Å². The molecule has 0 amide bonds. The number of halogens is 1. The molecular formula is C13H17FN2O4. The maximum atomic E-state index is 13.1. The van der Waals surface area contributed by atoms with E-state index < -0.39 is 10.7 Å². The normalized spacial score (nSPS) is 22.7. The minimum atomic E-state index is -0.543. The van der Waals surface area contributed by atoms with Crippen molar-refractivity contribution in [1.29, 1.82) is 0 Å². The fourth-order valence-corrected chi connectivity index (χ4v) is 2.12. The van der Waals surface area contributed by atoms with Gasteiger partial charge in [0.25, 0.3) is 5.69 Å². The van der Waals surface area contributed by atoms with Gasteiger partial charge in [-0.05, 0) is 19.1 Å². The maximum Gasteiger partial charge on any atom is 0.275 e. The van der Waals surface area contributed by atoms with Gasteiger partial charge >= 0.3 is 0 Å². The molecule has 2 atom stereocenters. The molecule has 1 N–H and O–H groups in total. The topological polar surface area (TPSA) is 73.6 Å². The molecule has 110 valence electrons. The van der Waals surface area contributed by atoms with Crippen LogP contribution in [0.4, 0.5) is 10.1 Å². The van der Waals surface area contributed by atoms with Crippen molar-refractivity contribution in [1.82, 2.24) is 5.32 Å². The first kappa shape index (κ1) is 14.8. The van der Waals surface area contributed by atoms with Gasteiger partial charge < -0.3 is 14.8 Å². The van der Waals surface area contributed by atoms with Crippen molar-refractivity contribution < 1.29 is 18.8 Å². The van der Waals surface area contributed by atoms with Gasteiger partial charge in [-0.1, -0.05) is 0 Å². The maximum absolute atomic E-state index is 13.1. The third-order valence-electron chi connectivity index (χ3n) is 3.03. The molecule has 2 unspecified atom stereocenters. The molecule has 7 heteroatoms. The number of nitro benzene ring substituents is 1. The minimum absolute atomic E-state index is 0.0116. The molecular weight excluding hydrogens is 267 g/mol. The molecule has 1 aromatic carbocycles. The highest BCUT2D eigenvalue weighted by atomic mass is 19.1. The van der Waals surface area contributed by atoms with Crippen LogP contribution < -0.4 is 5.32 Å². The molecule has 2 rings (SSSR count). The van der Waals surface area contributed by atoms with E-state index in [1.165, 1.54) is 0 Å². The van der Waals surface area contributed by atoms with Crippen LogP contribution in [-0.4, -0.2) is 36.8 Å². The van der Waals surface area contributed by atoms with Crippen LogP contribution in [0.1, 0.15) is 12.5 Å². The van der Waals surface area contributed by atoms with Crippen LogP contribution in [0.3, 0.4) is 0 Å². The third-order valence-corrected chi connectivity index (χ3v) is 3.03. The van der Waals surface area contributed by atoms with E-state index >= 15 is 0 Å². The van der Waals surface area contributed by atoms with Gasteiger partial charge in [0.2, 0.25) is 0 Å². The molecule has 0 saturated carbocycles. The van der Waals surface area contributed by atoms with E-state index in [-0.39, 0.29) is 30.1 Å². The lowest BCUT2D eigenvalue weighted by Crippen LogP contribution is -2.45. The first-order valence-electron chi connectivity index (χ1n) is 6.43. The smallest absolute Gasteiger partial charge is 0.275 e. The van der Waals surface area contributed by atoms with Crippen molar-refractivity contribution in [3.8, 4) is 0 Å². The lowest BCUT2D eigenvalue weighted by Gasteiger charge is -2.28. The molecule has 0 spiro atoms. The number of rotatable bonds is 5. The van der Waals surface area contributed by atoms with Crippen molar-refractivity contribution in [3.05, 3.63) is 39.7 Å². The fraction of sp³-hybridized carbons (Fsp3) is 0.538. The largest absolute Gasteiger partial charge is 0.374 e. The third kappa shape index (κ3) is 3.96. The Morgan fingerprint density at radius 2 is 2.35 bits per heavy atom. The summed E-state index contributed by atoms with van der Waals surface area (Å²) in [7, 11) is 0. The van der Waals surface area contributed by atoms with Crippen LogP contribution in [0.25, 0.3) is 0 Å². The molecule has 1 aliphatic heterocycles. The standard InChI is InChI=1S/C13H17FN2O4/c1-9-5-15-6-12(20-9)8-19-7-10-4-11(14)2-3-13(10)16(17)18/h2-4,9,12,15H,5-8H2,1H3. The van der Waals surface area contributed by atoms with Crippen LogP contribution in [0.5, 0.6) is 0 Å². The number of nitrogens with one attached hydrogen (secondary N) is 1. The van der Waals surface area contributed by atoms with Gasteiger partial charge in [0.1, 0.15) is 5.82 Å². The quantitative estimate of drug-likeness (QED) is 0.657. The monoisotopic (exact) mass is 284 g/mol. The second-order valence-corrected chi connectivity index (χ2v) is 4.77. The minimum Gasteiger partial charge on any atom is -0.374 e. The Kier molecular flexibility index (Phi) is 4.99. The fourth-order valence-electron chi connectivity index (χ4n) is 2.12. The average Bonchev–Trinajstić information content (AvgIpc) is 2.38. The summed E-state index contributed by atoms with van der Waals surface area (Å²) in [6.07, 6.45) is 0.0206. The summed E-state index contributed by atoms with van der Waals surface area (Å²) in [6, 6.07) is 3.34. The van der Waals surface area contributed by atoms with Crippen molar-refractivity contribution in [2.45, 2.75) is 25.7 Å². The van der Waals surface area contributed by atoms with Gasteiger partial charge in [-0.25, -0.2) is 4.39 Å². The van der Waals surface area contributed by atoms with E-state index in [4.69, 9.17) is 9.47 Å². The Morgan fingerprint density at radius 3 is 3.05 bits per heavy atom. The van der Waals surface area contributed by atoms with Gasteiger partial charge in [0, 0.05) is 19.2 Å². The number of hydrogen-bond donors (Lipinski definition) is 1. The second kappa shape index (κ2) is 6.74. The van der Waals surface area contributed by atoms with Gasteiger partial charge in [0.15, 0.2) is 0 Å². The first-order chi connectivity index (χ1) is 9.56. The predicted octanol–water partition coefficient (Wildman–Crippen LogP) is 1.63. The summed E-state index contributed by atoms with van der Waals surface area (Å²) >= 11 is 0. The van der Waals surface area contributed by atoms with Crippen LogP contribution in [-0.2, 0) is 16.1 Å². The number of morpholine rings is 1. The van der Waals surface area contributed by atoms with Gasteiger partial charge in [-0.2, -0.15) is 0 Å². The highest BCUT2D eigenvalue weighted by Gasteiger charge is 2.20. The zero-order chi connectivity index (χ0) is 14.5. The van der Waals surface area contributed by atoms with E-state index in [2.05, 4.69) is 5.32 Å². The second-order valence-electron chi connectivity index (χ2n) is 4.77. The summed E-state index contributed by atoms with van der Waals surface area (Å²) in [6.45, 7) is 3.73. The molecule has 0 bridgehead atoms. The number of benzene rings is 1. The molecule has 1 fully saturated rings. The number of nitrogens with zero attached hydrogens (tertiary/aromatic N) is 1. The lowest BCUT2D eigenvalue weighted by atomic mass is 10.2. The van der Waals surface area contributed by atoms with Crippen LogP contribution >= 0.6 is 0 Å². The highest BCUT2D eigenvalue weighted by Crippen LogP contribution is 2.20. The molecule has 1 aromatic rings. The van der Waals surface area contributed by atoms with Gasteiger partial charge in [-0.3, -0.25) is 10.1 Å². The Morgan fingerprint density at radius 1 is 1.55 bits per heavy atom. The van der Waals surface area contributed by atoms with E-state index in [0.29, 0.717) is 13.2 Å². The molecule has 1 saturated heterocycles. The van der Waals surface area contributed by atoms with Crippen molar-refractivity contribution in [2.75, 3.05) is 19.7 Å². The zero-order valence-corrected chi connectivity index (χ0v) is 11.2. The van der Waals surface area contributed by atoms with Crippen LogP contribution in [0.15, 0.2) is 18.2 Å². The number of nitro groups is 1. The lowest BCUT2D eigenvalue weighted by molar-refractivity contribution is -0.386. The van der Waals surface area contributed by atoms with E-state index in [9.17, 15) is 14.5 Å². The SMILES string of the molecule is CC1CNCC(COCc2cc(F)ccc2[N+](=O)[O-])O1. The Labute approximate surface area is 116 Å². The molecule has 0 aliphatic carbocycles. The predicted molar refractivity (Wildman–Crippen MR) is 69.9 cm³/mol. The molecule has 1 aliphatic rings. The zero-order valence-electron chi connectivity index (χ0n) is 11.2. The Bertz CT molecular complexity index is 483. The van der Waals surface area contributed by atoms with Gasteiger partial charge in [0.05, 0.1) is 35.9 Å². The van der Waals surface area contributed by atoms with Crippen molar-refractivity contribution in [2.24, 2.45) is 0 Å². The Balaban J connectivity index is 1.90. The molecule has 1 heterocycles. The summed E-state index contributed by atoms with van der Waals surface area (Å²) < 4.78 is 24.2. The Hall–Kier alpha value is -1.57. The highest BCUT2D eigenvalue weighted by molar-refractivity contribution is 5.39. The van der Waals surface area contributed by atoms with Gasteiger partial charge in [-0.15, -0.1) is 0 Å². The van der Waals surface area contributed by atoms with Crippen LogP contribution in [0.2, 0.25) is 0 Å². The summed E-state index contributed by atoms with van der Waals surface area (Å²) in [4.78, 5) is 10.3. The average molecular weight is 284 g/mol. The summed E-state index contributed by atoms with van der Waals surface area (Å²) in [5.41, 5.74) is 0.0919. The van der Waals surface area contributed by atoms with E-state index in [1.807, 2.05) is 6.92 Å². The molecule has 0 aromatic heterocycles. The summed E-state index contributed by atoms with van der Waals surface area (Å²) in [5, 5.41) is 14.0. The van der Waals surface area contributed by atoms with E-state index in [0.717, 1.165) is 24.7 Å². The van der Waals surface area contributed by atoms with E-state index in [1.54, 1.807) is 0 Å². The molecule has 0 radical (unpaired) electrons.